The van der Waals surface area contributed by atoms with Crippen LogP contribution in [0.3, 0.4) is 0 Å². The molecule has 120 valence electrons. The number of benzene rings is 1. The molecule has 0 bridgehead atoms. The second-order valence-corrected chi connectivity index (χ2v) is 7.43. The van der Waals surface area contributed by atoms with E-state index in [4.69, 9.17) is 9.47 Å². The van der Waals surface area contributed by atoms with Crippen LogP contribution in [0, 0.1) is 0 Å². The molecule has 2 atom stereocenters. The Morgan fingerprint density at radius 2 is 1.76 bits per heavy atom. The highest BCUT2D eigenvalue weighted by Crippen LogP contribution is 2.25. The summed E-state index contributed by atoms with van der Waals surface area (Å²) in [6.45, 7) is 9.45. The van der Waals surface area contributed by atoms with E-state index in [1.807, 2.05) is 6.92 Å². The molecule has 0 spiro atoms. The molecule has 0 heterocycles. The molecule has 1 N–H and O–H groups in total. The Balaban J connectivity index is 2.34. The highest BCUT2D eigenvalue weighted by Gasteiger charge is 2.13. The van der Waals surface area contributed by atoms with Crippen LogP contribution in [0.5, 0.6) is 0 Å². The van der Waals surface area contributed by atoms with Crippen LogP contribution in [-0.4, -0.2) is 43.4 Å². The number of rotatable bonds is 8. The van der Waals surface area contributed by atoms with Crippen LogP contribution in [-0.2, 0) is 14.9 Å². The fraction of sp³-hybridized carbons (Fsp3) is 0.647. The number of aliphatic hydroxyl groups is 1. The largest absolute Gasteiger partial charge is 0.390 e. The first-order valence-electron chi connectivity index (χ1n) is 7.35. The molecule has 0 aromatic heterocycles. The third-order valence-electron chi connectivity index (χ3n) is 3.14. The molecule has 2 unspecified atom stereocenters. The van der Waals surface area contributed by atoms with Crippen molar-refractivity contribution in [3.8, 4) is 0 Å². The van der Waals surface area contributed by atoms with Gasteiger partial charge in [0.2, 0.25) is 0 Å². The highest BCUT2D eigenvalue weighted by molar-refractivity contribution is 7.99. The van der Waals surface area contributed by atoms with Crippen molar-refractivity contribution in [3.05, 3.63) is 29.8 Å². The SMILES string of the molecule is COCC(C)OCC(O)CSc1ccc(C(C)(C)C)cc1. The summed E-state index contributed by atoms with van der Waals surface area (Å²) in [7, 11) is 1.65. The van der Waals surface area contributed by atoms with Crippen LogP contribution in [0.2, 0.25) is 0 Å². The Morgan fingerprint density at radius 3 is 2.29 bits per heavy atom. The van der Waals surface area contributed by atoms with Crippen molar-refractivity contribution >= 4 is 11.8 Å². The summed E-state index contributed by atoms with van der Waals surface area (Å²) in [5.41, 5.74) is 1.50. The first kappa shape index (κ1) is 18.5. The van der Waals surface area contributed by atoms with Crippen LogP contribution < -0.4 is 0 Å². The van der Waals surface area contributed by atoms with E-state index < -0.39 is 6.10 Å². The molecule has 0 radical (unpaired) electrons. The molecule has 0 saturated carbocycles. The lowest BCUT2D eigenvalue weighted by atomic mass is 9.87. The minimum Gasteiger partial charge on any atom is -0.390 e. The van der Waals surface area contributed by atoms with Gasteiger partial charge in [-0.25, -0.2) is 0 Å². The molecule has 0 aliphatic heterocycles. The van der Waals surface area contributed by atoms with Crippen LogP contribution in [0.15, 0.2) is 29.2 Å². The van der Waals surface area contributed by atoms with Gasteiger partial charge in [-0.2, -0.15) is 0 Å². The normalized spacial score (nSPS) is 15.0. The predicted molar refractivity (Wildman–Crippen MR) is 89.2 cm³/mol. The average molecular weight is 312 g/mol. The molecule has 3 nitrogen and oxygen atoms in total. The summed E-state index contributed by atoms with van der Waals surface area (Å²) in [5.74, 6) is 0.633. The lowest BCUT2D eigenvalue weighted by Gasteiger charge is -2.19. The molecule has 1 aromatic carbocycles. The molecular formula is C17H28O3S. The van der Waals surface area contributed by atoms with E-state index in [0.717, 1.165) is 0 Å². The second-order valence-electron chi connectivity index (χ2n) is 6.34. The first-order valence-corrected chi connectivity index (χ1v) is 8.33. The summed E-state index contributed by atoms with van der Waals surface area (Å²) < 4.78 is 10.5. The van der Waals surface area contributed by atoms with Crippen molar-refractivity contribution in [1.29, 1.82) is 0 Å². The number of methoxy groups -OCH3 is 1. The van der Waals surface area contributed by atoms with E-state index in [-0.39, 0.29) is 11.5 Å². The van der Waals surface area contributed by atoms with E-state index in [9.17, 15) is 5.11 Å². The number of aliphatic hydroxyl groups excluding tert-OH is 1. The molecule has 0 aliphatic carbocycles. The van der Waals surface area contributed by atoms with Gasteiger partial charge >= 0.3 is 0 Å². The first-order chi connectivity index (χ1) is 9.82. The quantitative estimate of drug-likeness (QED) is 0.746. The van der Waals surface area contributed by atoms with Gasteiger partial charge in [0.15, 0.2) is 0 Å². The molecule has 21 heavy (non-hydrogen) atoms. The van der Waals surface area contributed by atoms with Crippen molar-refractivity contribution in [2.45, 2.75) is 50.2 Å². The second kappa shape index (κ2) is 8.79. The van der Waals surface area contributed by atoms with Gasteiger partial charge in [0.1, 0.15) is 0 Å². The molecule has 1 rings (SSSR count). The lowest BCUT2D eigenvalue weighted by Crippen LogP contribution is -2.24. The maximum atomic E-state index is 9.92. The van der Waals surface area contributed by atoms with E-state index >= 15 is 0 Å². The van der Waals surface area contributed by atoms with Crippen LogP contribution in [0.25, 0.3) is 0 Å². The summed E-state index contributed by atoms with van der Waals surface area (Å²) >= 11 is 1.65. The fourth-order valence-electron chi connectivity index (χ4n) is 1.85. The van der Waals surface area contributed by atoms with E-state index in [2.05, 4.69) is 45.0 Å². The number of hydrogen-bond donors (Lipinski definition) is 1. The van der Waals surface area contributed by atoms with Gasteiger partial charge in [0.25, 0.3) is 0 Å². The lowest BCUT2D eigenvalue weighted by molar-refractivity contribution is -0.0257. The molecule has 4 heteroatoms. The molecule has 0 amide bonds. The van der Waals surface area contributed by atoms with Crippen LogP contribution >= 0.6 is 11.8 Å². The zero-order valence-electron chi connectivity index (χ0n) is 13.8. The van der Waals surface area contributed by atoms with Crippen molar-refractivity contribution in [3.63, 3.8) is 0 Å². The van der Waals surface area contributed by atoms with Crippen LogP contribution in [0.1, 0.15) is 33.3 Å². The minimum absolute atomic E-state index is 0.0146. The van der Waals surface area contributed by atoms with Crippen molar-refractivity contribution in [2.24, 2.45) is 0 Å². The van der Waals surface area contributed by atoms with E-state index in [1.54, 1.807) is 18.9 Å². The summed E-state index contributed by atoms with van der Waals surface area (Å²) in [4.78, 5) is 1.17. The fourth-order valence-corrected chi connectivity index (χ4v) is 2.66. The van der Waals surface area contributed by atoms with Gasteiger partial charge < -0.3 is 14.6 Å². The molecule has 0 saturated heterocycles. The monoisotopic (exact) mass is 312 g/mol. The van der Waals surface area contributed by atoms with Crippen molar-refractivity contribution < 1.29 is 14.6 Å². The molecule has 0 fully saturated rings. The number of ether oxygens (including phenoxy) is 2. The maximum Gasteiger partial charge on any atom is 0.0867 e. The Labute approximate surface area is 133 Å². The average Bonchev–Trinajstić information content (AvgIpc) is 2.43. The van der Waals surface area contributed by atoms with Crippen LogP contribution in [0.4, 0.5) is 0 Å². The topological polar surface area (TPSA) is 38.7 Å². The Kier molecular flexibility index (Phi) is 7.74. The third kappa shape index (κ3) is 7.32. The smallest absolute Gasteiger partial charge is 0.0867 e. The molecular weight excluding hydrogens is 284 g/mol. The standard InChI is InChI=1S/C17H28O3S/c1-13(10-19-5)20-11-15(18)12-21-16-8-6-14(7-9-16)17(2,3)4/h6-9,13,15,18H,10-12H2,1-5H3. The maximum absolute atomic E-state index is 9.92. The molecule has 0 aliphatic rings. The number of thioether (sulfide) groups is 1. The summed E-state index contributed by atoms with van der Waals surface area (Å²) in [6.07, 6.45) is -0.447. The van der Waals surface area contributed by atoms with Gasteiger partial charge in [-0.1, -0.05) is 32.9 Å². The van der Waals surface area contributed by atoms with E-state index in [1.165, 1.54) is 10.5 Å². The zero-order valence-corrected chi connectivity index (χ0v) is 14.6. The van der Waals surface area contributed by atoms with Gasteiger partial charge in [-0.05, 0) is 30.0 Å². The highest BCUT2D eigenvalue weighted by atomic mass is 32.2. The number of hydrogen-bond acceptors (Lipinski definition) is 4. The van der Waals surface area contributed by atoms with Gasteiger partial charge in [0, 0.05) is 17.8 Å². The van der Waals surface area contributed by atoms with E-state index in [0.29, 0.717) is 19.0 Å². The Hall–Kier alpha value is -0.550. The predicted octanol–water partition coefficient (Wildman–Crippen LogP) is 3.49. The summed E-state index contributed by atoms with van der Waals surface area (Å²) in [5, 5.41) is 9.92. The summed E-state index contributed by atoms with van der Waals surface area (Å²) in [6, 6.07) is 8.55. The minimum atomic E-state index is -0.461. The Morgan fingerprint density at radius 1 is 1.14 bits per heavy atom. The van der Waals surface area contributed by atoms with Crippen molar-refractivity contribution in [1.82, 2.24) is 0 Å². The van der Waals surface area contributed by atoms with Gasteiger partial charge in [-0.3, -0.25) is 0 Å². The van der Waals surface area contributed by atoms with Gasteiger partial charge in [0.05, 0.1) is 25.4 Å². The third-order valence-corrected chi connectivity index (χ3v) is 4.29. The van der Waals surface area contributed by atoms with Crippen molar-refractivity contribution in [2.75, 3.05) is 26.1 Å². The Bertz CT molecular complexity index is 397. The zero-order chi connectivity index (χ0) is 15.9. The van der Waals surface area contributed by atoms with Gasteiger partial charge in [-0.15, -0.1) is 11.8 Å². The molecule has 1 aromatic rings.